The average Bonchev–Trinajstić information content (AvgIpc) is 3.00. The molecule has 36 heavy (non-hydrogen) atoms. The van der Waals surface area contributed by atoms with Crippen LogP contribution >= 0.6 is 23.4 Å². The van der Waals surface area contributed by atoms with Crippen LogP contribution in [-0.2, 0) is 27.5 Å². The lowest BCUT2D eigenvalue weighted by Gasteiger charge is -2.15. The van der Waals surface area contributed by atoms with Gasteiger partial charge in [0.2, 0.25) is 5.91 Å². The Labute approximate surface area is 210 Å². The Morgan fingerprint density at radius 2 is 1.83 bits per heavy atom. The number of aromatic nitrogens is 2. The molecule has 1 atom stereocenters. The molecule has 2 heterocycles. The van der Waals surface area contributed by atoms with Gasteiger partial charge in [0, 0.05) is 20.2 Å². The van der Waals surface area contributed by atoms with E-state index < -0.39 is 51.8 Å². The zero-order chi connectivity index (χ0) is 27.1. The molecule has 3 rings (SSSR count). The number of nitrogens with zero attached hydrogens (tertiary/aromatic N) is 4. The van der Waals surface area contributed by atoms with Crippen molar-refractivity contribution in [2.24, 2.45) is 12.0 Å². The maximum Gasteiger partial charge on any atom is 0.431 e. The Morgan fingerprint density at radius 3 is 2.42 bits per heavy atom. The summed E-state index contributed by atoms with van der Waals surface area (Å²) in [6.45, 7) is 3.31. The molecule has 0 radical (unpaired) electrons. The fourth-order valence-electron chi connectivity index (χ4n) is 3.27. The van der Waals surface area contributed by atoms with Crippen LogP contribution in [-0.4, -0.2) is 49.5 Å². The van der Waals surface area contributed by atoms with Gasteiger partial charge in [0.15, 0.2) is 5.17 Å². The van der Waals surface area contributed by atoms with Gasteiger partial charge in [0.25, 0.3) is 5.56 Å². The number of rotatable bonds is 5. The number of aliphatic imine (C=N–C) groups is 1. The summed E-state index contributed by atoms with van der Waals surface area (Å²) >= 11 is 6.99. The summed E-state index contributed by atoms with van der Waals surface area (Å²) in [5.41, 5.74) is -5.23. The summed E-state index contributed by atoms with van der Waals surface area (Å²) in [5.74, 6) is -2.21. The second-order valence-electron chi connectivity index (χ2n) is 7.94. The van der Waals surface area contributed by atoms with Gasteiger partial charge in [-0.1, -0.05) is 23.4 Å². The number of ether oxygens (including phenoxy) is 1. The zero-order valence-corrected chi connectivity index (χ0v) is 20.8. The molecule has 0 aliphatic carbocycles. The van der Waals surface area contributed by atoms with Gasteiger partial charge in [-0.15, -0.1) is 0 Å². The zero-order valence-electron chi connectivity index (χ0n) is 19.2. The fraction of sp³-hybridized carbons (Fsp3) is 0.381. The molecule has 0 spiro atoms. The van der Waals surface area contributed by atoms with Gasteiger partial charge in [0.1, 0.15) is 16.8 Å². The van der Waals surface area contributed by atoms with E-state index in [4.69, 9.17) is 16.3 Å². The van der Waals surface area contributed by atoms with Crippen LogP contribution in [0.25, 0.3) is 5.69 Å². The maximum absolute atomic E-state index is 14.7. The molecule has 1 fully saturated rings. The van der Waals surface area contributed by atoms with Crippen LogP contribution in [0.2, 0.25) is 5.02 Å². The van der Waals surface area contributed by atoms with E-state index in [9.17, 15) is 36.7 Å². The Morgan fingerprint density at radius 1 is 1.19 bits per heavy atom. The molecule has 1 aromatic carbocycles. The minimum absolute atomic E-state index is 0.0782. The predicted octanol–water partition coefficient (Wildman–Crippen LogP) is 3.25. The second-order valence-corrected chi connectivity index (χ2v) is 9.52. The smallest absolute Gasteiger partial charge is 0.431 e. The summed E-state index contributed by atoms with van der Waals surface area (Å²) in [4.78, 5) is 54.8. The third-order valence-electron chi connectivity index (χ3n) is 4.94. The van der Waals surface area contributed by atoms with Crippen LogP contribution in [0.3, 0.4) is 0 Å². The molecule has 1 aliphatic rings. The van der Waals surface area contributed by atoms with Crippen molar-refractivity contribution >= 4 is 46.1 Å². The van der Waals surface area contributed by atoms with Crippen LogP contribution in [0.5, 0.6) is 0 Å². The largest absolute Gasteiger partial charge is 0.463 e. The quantitative estimate of drug-likeness (QED) is 0.418. The molecule has 1 saturated heterocycles. The lowest BCUT2D eigenvalue weighted by Crippen LogP contribution is -2.41. The first kappa shape index (κ1) is 27.5. The standard InChI is InChI=1S/C21H19ClF4N4O5S/c1-9(2)35-17(32)7-14-18(33)29(4)19(36-14)27-12-6-13(11(23)5-10(12)22)30-16(31)8-15(21(24,25)26)28(3)20(30)34/h5-6,8-9,14H,7H2,1-4H3. The summed E-state index contributed by atoms with van der Waals surface area (Å²) in [6.07, 6.45) is -5.59. The van der Waals surface area contributed by atoms with Gasteiger partial charge >= 0.3 is 17.8 Å². The van der Waals surface area contributed by atoms with E-state index in [1.807, 2.05) is 0 Å². The number of hydrogen-bond acceptors (Lipinski definition) is 7. The van der Waals surface area contributed by atoms with E-state index in [2.05, 4.69) is 4.99 Å². The molecule has 9 nitrogen and oxygen atoms in total. The molecule has 15 heteroatoms. The molecule has 1 amide bonds. The van der Waals surface area contributed by atoms with Crippen molar-refractivity contribution in [2.75, 3.05) is 7.05 Å². The molecule has 2 aromatic rings. The van der Waals surface area contributed by atoms with E-state index >= 15 is 0 Å². The minimum atomic E-state index is -4.99. The average molecular weight is 551 g/mol. The highest BCUT2D eigenvalue weighted by Gasteiger charge is 2.38. The third kappa shape index (κ3) is 5.48. The number of benzene rings is 1. The number of alkyl halides is 3. The molecule has 0 N–H and O–H groups in total. The van der Waals surface area contributed by atoms with Crippen molar-refractivity contribution in [3.63, 3.8) is 0 Å². The first-order chi connectivity index (χ1) is 16.6. The number of amidine groups is 1. The van der Waals surface area contributed by atoms with Gasteiger partial charge in [-0.25, -0.2) is 18.7 Å². The van der Waals surface area contributed by atoms with Gasteiger partial charge in [-0.3, -0.25) is 23.9 Å². The maximum atomic E-state index is 14.7. The van der Waals surface area contributed by atoms with Crippen molar-refractivity contribution < 1.29 is 31.9 Å². The second kappa shape index (κ2) is 10.1. The Balaban J connectivity index is 2.05. The van der Waals surface area contributed by atoms with Crippen molar-refractivity contribution in [1.82, 2.24) is 14.0 Å². The van der Waals surface area contributed by atoms with E-state index in [0.717, 1.165) is 35.8 Å². The molecule has 0 saturated carbocycles. The van der Waals surface area contributed by atoms with Gasteiger partial charge in [0.05, 0.1) is 28.9 Å². The number of carbonyl (C=O) groups is 2. The number of hydrogen-bond donors (Lipinski definition) is 0. The fourth-order valence-corrected chi connectivity index (χ4v) is 4.59. The lowest BCUT2D eigenvalue weighted by molar-refractivity contribution is -0.148. The van der Waals surface area contributed by atoms with E-state index in [1.54, 1.807) is 13.8 Å². The summed E-state index contributed by atoms with van der Waals surface area (Å²) in [5, 5.41) is -1.03. The third-order valence-corrected chi connectivity index (χ3v) is 6.48. The topological polar surface area (TPSA) is 103 Å². The first-order valence-corrected chi connectivity index (χ1v) is 11.5. The highest BCUT2D eigenvalue weighted by Crippen LogP contribution is 2.35. The normalized spacial score (nSPS) is 17.4. The van der Waals surface area contributed by atoms with Crippen molar-refractivity contribution in [1.29, 1.82) is 0 Å². The molecule has 1 unspecified atom stereocenters. The van der Waals surface area contributed by atoms with E-state index in [-0.39, 0.29) is 43.6 Å². The van der Waals surface area contributed by atoms with Crippen LogP contribution in [0.15, 0.2) is 32.8 Å². The van der Waals surface area contributed by atoms with E-state index in [0.29, 0.717) is 0 Å². The highest BCUT2D eigenvalue weighted by atomic mass is 35.5. The number of halogens is 5. The number of carbonyl (C=O) groups excluding carboxylic acids is 2. The van der Waals surface area contributed by atoms with Crippen LogP contribution < -0.4 is 11.2 Å². The molecular weight excluding hydrogens is 532 g/mol. The number of esters is 1. The van der Waals surface area contributed by atoms with Crippen molar-refractivity contribution in [3.8, 4) is 5.69 Å². The Bertz CT molecular complexity index is 1390. The molecule has 1 aliphatic heterocycles. The number of amides is 1. The summed E-state index contributed by atoms with van der Waals surface area (Å²) < 4.78 is 59.5. The van der Waals surface area contributed by atoms with Gasteiger partial charge < -0.3 is 4.74 Å². The summed E-state index contributed by atoms with van der Waals surface area (Å²) in [6, 6.07) is 1.81. The van der Waals surface area contributed by atoms with Gasteiger partial charge in [-0.2, -0.15) is 13.2 Å². The summed E-state index contributed by atoms with van der Waals surface area (Å²) in [7, 11) is 2.17. The van der Waals surface area contributed by atoms with E-state index in [1.165, 1.54) is 7.05 Å². The van der Waals surface area contributed by atoms with Gasteiger partial charge in [-0.05, 0) is 26.0 Å². The molecular formula is C21H19ClF4N4O5S. The Hall–Kier alpha value is -3.13. The molecule has 1 aromatic heterocycles. The van der Waals surface area contributed by atoms with Crippen molar-refractivity contribution in [2.45, 2.75) is 37.8 Å². The monoisotopic (exact) mass is 550 g/mol. The number of thioether (sulfide) groups is 1. The predicted molar refractivity (Wildman–Crippen MR) is 124 cm³/mol. The minimum Gasteiger partial charge on any atom is -0.463 e. The Kier molecular flexibility index (Phi) is 7.69. The molecule has 194 valence electrons. The van der Waals surface area contributed by atoms with Crippen molar-refractivity contribution in [3.05, 3.63) is 55.6 Å². The SMILES string of the molecule is CC(C)OC(=O)CC1SC(=Nc2cc(-n3c(=O)cc(C(F)(F)F)n(C)c3=O)c(F)cc2Cl)N(C)C1=O. The first-order valence-electron chi connectivity index (χ1n) is 10.2. The molecule has 0 bridgehead atoms. The van der Waals surface area contributed by atoms with Crippen LogP contribution in [0.1, 0.15) is 26.0 Å². The highest BCUT2D eigenvalue weighted by molar-refractivity contribution is 8.15. The van der Waals surface area contributed by atoms with Crippen LogP contribution in [0, 0.1) is 5.82 Å². The lowest BCUT2D eigenvalue weighted by atomic mass is 10.2. The van der Waals surface area contributed by atoms with Crippen LogP contribution in [0.4, 0.5) is 23.2 Å².